The summed E-state index contributed by atoms with van der Waals surface area (Å²) in [6, 6.07) is 27.1. The molecule has 0 atom stereocenters. The highest BCUT2D eigenvalue weighted by Crippen LogP contribution is 2.36. The molecule has 0 radical (unpaired) electrons. The number of halogens is 1. The van der Waals surface area contributed by atoms with Crippen LogP contribution in [0.3, 0.4) is 0 Å². The maximum Gasteiger partial charge on any atom is 0.293 e. The molecule has 4 aromatic rings. The van der Waals surface area contributed by atoms with Gasteiger partial charge in [-0.05, 0) is 82.6 Å². The lowest BCUT2D eigenvalue weighted by molar-refractivity contribution is -0.123. The van der Waals surface area contributed by atoms with Crippen LogP contribution in [-0.4, -0.2) is 22.7 Å². The minimum Gasteiger partial charge on any atom is -0.490 e. The summed E-state index contributed by atoms with van der Waals surface area (Å²) >= 11 is 6.97. The molecule has 186 valence electrons. The molecule has 2 amide bonds. The van der Waals surface area contributed by atoms with Crippen LogP contribution < -0.4 is 9.47 Å². The average Bonchev–Trinajstić information content (AvgIpc) is 3.15. The molecule has 7 heteroatoms. The van der Waals surface area contributed by atoms with E-state index in [0.29, 0.717) is 34.6 Å². The van der Waals surface area contributed by atoms with Crippen molar-refractivity contribution in [2.75, 3.05) is 6.61 Å². The largest absolute Gasteiger partial charge is 0.490 e. The lowest BCUT2D eigenvalue weighted by Gasteiger charge is -2.13. The van der Waals surface area contributed by atoms with E-state index >= 15 is 0 Å². The zero-order chi connectivity index (χ0) is 25.8. The monoisotopic (exact) mass is 529 g/mol. The molecule has 5 rings (SSSR count). The molecule has 37 heavy (non-hydrogen) atoms. The molecule has 1 fully saturated rings. The molecule has 0 N–H and O–H groups in total. The van der Waals surface area contributed by atoms with E-state index in [1.807, 2.05) is 43.3 Å². The Kier molecular flexibility index (Phi) is 7.49. The third-order valence-electron chi connectivity index (χ3n) is 5.88. The number of hydrogen-bond acceptors (Lipinski definition) is 5. The Bertz CT molecular complexity index is 1520. The fourth-order valence-corrected chi connectivity index (χ4v) is 5.15. The van der Waals surface area contributed by atoms with Crippen molar-refractivity contribution >= 4 is 51.4 Å². The third kappa shape index (κ3) is 5.82. The summed E-state index contributed by atoms with van der Waals surface area (Å²) in [4.78, 5) is 27.1. The van der Waals surface area contributed by atoms with E-state index in [2.05, 4.69) is 30.3 Å². The zero-order valence-electron chi connectivity index (χ0n) is 20.1. The van der Waals surface area contributed by atoms with Crippen molar-refractivity contribution in [3.05, 3.63) is 112 Å². The second-order valence-corrected chi connectivity index (χ2v) is 9.94. The maximum atomic E-state index is 13.0. The predicted octanol–water partition coefficient (Wildman–Crippen LogP) is 7.71. The van der Waals surface area contributed by atoms with Crippen LogP contribution in [0.4, 0.5) is 4.79 Å². The lowest BCUT2D eigenvalue weighted by atomic mass is 10.1. The summed E-state index contributed by atoms with van der Waals surface area (Å²) in [6.45, 7) is 2.94. The van der Waals surface area contributed by atoms with Gasteiger partial charge in [0.05, 0.1) is 18.1 Å². The first-order valence-electron chi connectivity index (χ1n) is 11.9. The first-order chi connectivity index (χ1) is 18.0. The van der Waals surface area contributed by atoms with Crippen molar-refractivity contribution in [3.63, 3.8) is 0 Å². The van der Waals surface area contributed by atoms with Gasteiger partial charge in [0, 0.05) is 5.02 Å². The molecule has 0 aliphatic carbocycles. The van der Waals surface area contributed by atoms with Crippen molar-refractivity contribution in [1.29, 1.82) is 0 Å². The number of amides is 2. The first kappa shape index (κ1) is 24.9. The van der Waals surface area contributed by atoms with E-state index in [1.165, 1.54) is 10.3 Å². The standard InChI is InChI=1S/C30H24ClNO4S/c1-2-35-27-16-20(11-13-26(27)36-19-22-10-12-23-7-3-4-8-24(23)14-22)17-28-29(33)32(30(34)37-28)18-21-6-5-9-25(31)15-21/h3-17H,2,18-19H2,1H3/b28-17-. The van der Waals surface area contributed by atoms with Crippen molar-refractivity contribution in [1.82, 2.24) is 4.90 Å². The van der Waals surface area contributed by atoms with Crippen LogP contribution in [-0.2, 0) is 17.9 Å². The summed E-state index contributed by atoms with van der Waals surface area (Å²) in [7, 11) is 0. The zero-order valence-corrected chi connectivity index (χ0v) is 21.7. The minimum absolute atomic E-state index is 0.175. The molecule has 0 unspecified atom stereocenters. The van der Waals surface area contributed by atoms with Gasteiger partial charge in [-0.25, -0.2) is 0 Å². The predicted molar refractivity (Wildman–Crippen MR) is 149 cm³/mol. The quantitative estimate of drug-likeness (QED) is 0.219. The van der Waals surface area contributed by atoms with Crippen LogP contribution in [0.1, 0.15) is 23.6 Å². The Labute approximate surface area is 224 Å². The van der Waals surface area contributed by atoms with E-state index < -0.39 is 0 Å². The molecule has 0 aromatic heterocycles. The highest BCUT2D eigenvalue weighted by Gasteiger charge is 2.35. The van der Waals surface area contributed by atoms with Crippen molar-refractivity contribution in [2.45, 2.75) is 20.1 Å². The Morgan fingerprint density at radius 1 is 0.838 bits per heavy atom. The van der Waals surface area contributed by atoms with Gasteiger partial charge in [0.2, 0.25) is 0 Å². The van der Waals surface area contributed by atoms with Gasteiger partial charge in [0.1, 0.15) is 6.61 Å². The Morgan fingerprint density at radius 3 is 2.49 bits per heavy atom. The normalized spacial score (nSPS) is 14.5. The van der Waals surface area contributed by atoms with Gasteiger partial charge < -0.3 is 9.47 Å². The highest BCUT2D eigenvalue weighted by atomic mass is 35.5. The number of rotatable bonds is 8. The molecular formula is C30H24ClNO4S. The van der Waals surface area contributed by atoms with Gasteiger partial charge in [-0.2, -0.15) is 0 Å². The van der Waals surface area contributed by atoms with E-state index in [4.69, 9.17) is 21.1 Å². The molecule has 5 nitrogen and oxygen atoms in total. The fourth-order valence-electron chi connectivity index (χ4n) is 4.10. The van der Waals surface area contributed by atoms with Crippen LogP contribution in [0.2, 0.25) is 5.02 Å². The van der Waals surface area contributed by atoms with Gasteiger partial charge >= 0.3 is 0 Å². The van der Waals surface area contributed by atoms with Gasteiger partial charge in [0.15, 0.2) is 11.5 Å². The van der Waals surface area contributed by atoms with Crippen LogP contribution >= 0.6 is 23.4 Å². The maximum absolute atomic E-state index is 13.0. The number of carbonyl (C=O) groups excluding carboxylic acids is 2. The van der Waals surface area contributed by atoms with Crippen molar-refractivity contribution in [3.8, 4) is 11.5 Å². The molecule has 4 aromatic carbocycles. The van der Waals surface area contributed by atoms with Crippen molar-refractivity contribution in [2.24, 2.45) is 0 Å². The average molecular weight is 530 g/mol. The molecule has 0 bridgehead atoms. The third-order valence-corrected chi connectivity index (χ3v) is 7.02. The Hall–Kier alpha value is -3.74. The molecule has 0 saturated carbocycles. The molecule has 0 spiro atoms. The number of nitrogens with zero attached hydrogens (tertiary/aromatic N) is 1. The number of fused-ring (bicyclic) bond motifs is 1. The van der Waals surface area contributed by atoms with E-state index in [0.717, 1.165) is 33.8 Å². The van der Waals surface area contributed by atoms with Gasteiger partial charge in [0.25, 0.3) is 11.1 Å². The highest BCUT2D eigenvalue weighted by molar-refractivity contribution is 8.18. The second kappa shape index (κ2) is 11.1. The van der Waals surface area contributed by atoms with Crippen LogP contribution in [0.15, 0.2) is 89.8 Å². The van der Waals surface area contributed by atoms with Crippen LogP contribution in [0, 0.1) is 0 Å². The molecule has 1 saturated heterocycles. The summed E-state index contributed by atoms with van der Waals surface area (Å²) in [5.74, 6) is 0.862. The van der Waals surface area contributed by atoms with Gasteiger partial charge in [-0.1, -0.05) is 66.2 Å². The van der Waals surface area contributed by atoms with Crippen LogP contribution in [0.5, 0.6) is 11.5 Å². The smallest absolute Gasteiger partial charge is 0.293 e. The van der Waals surface area contributed by atoms with E-state index in [-0.39, 0.29) is 17.7 Å². The van der Waals surface area contributed by atoms with E-state index in [9.17, 15) is 9.59 Å². The summed E-state index contributed by atoms with van der Waals surface area (Å²) in [6.07, 6.45) is 1.71. The SMILES string of the molecule is CCOc1cc(/C=C2\SC(=O)N(Cc3cccc(Cl)c3)C2=O)ccc1OCc1ccc2ccccc2c1. The molecule has 1 heterocycles. The van der Waals surface area contributed by atoms with Crippen LogP contribution in [0.25, 0.3) is 16.8 Å². The molecule has 1 aliphatic heterocycles. The van der Waals surface area contributed by atoms with Crippen molar-refractivity contribution < 1.29 is 19.1 Å². The number of hydrogen-bond donors (Lipinski definition) is 0. The summed E-state index contributed by atoms with van der Waals surface area (Å²) in [5, 5.41) is 2.60. The minimum atomic E-state index is -0.329. The summed E-state index contributed by atoms with van der Waals surface area (Å²) < 4.78 is 11.9. The molecular weight excluding hydrogens is 506 g/mol. The topological polar surface area (TPSA) is 55.8 Å². The number of imide groups is 1. The second-order valence-electron chi connectivity index (χ2n) is 8.51. The fraction of sp³-hybridized carbons (Fsp3) is 0.133. The van der Waals surface area contributed by atoms with Gasteiger partial charge in [-0.15, -0.1) is 0 Å². The number of ether oxygens (including phenoxy) is 2. The number of thioether (sulfide) groups is 1. The lowest BCUT2D eigenvalue weighted by Crippen LogP contribution is -2.27. The Morgan fingerprint density at radius 2 is 1.68 bits per heavy atom. The Balaban J connectivity index is 1.32. The number of benzene rings is 4. The van der Waals surface area contributed by atoms with Gasteiger partial charge in [-0.3, -0.25) is 14.5 Å². The number of carbonyl (C=O) groups is 2. The molecule has 1 aliphatic rings. The van der Waals surface area contributed by atoms with E-state index in [1.54, 1.807) is 24.3 Å². The first-order valence-corrected chi connectivity index (χ1v) is 13.1. The summed E-state index contributed by atoms with van der Waals surface area (Å²) in [5.41, 5.74) is 2.59.